The quantitative estimate of drug-likeness (QED) is 0.0737. The summed E-state index contributed by atoms with van der Waals surface area (Å²) in [6.45, 7) is 8.01. The Balaban J connectivity index is 1.38. The summed E-state index contributed by atoms with van der Waals surface area (Å²) in [6.07, 6.45) is -7.21. The number of ether oxygens (including phenoxy) is 12. The summed E-state index contributed by atoms with van der Waals surface area (Å²) in [4.78, 5) is 55.8. The molecule has 3 aliphatic heterocycles. The van der Waals surface area contributed by atoms with Crippen LogP contribution in [0.4, 0.5) is 15.3 Å². The fourth-order valence-corrected chi connectivity index (χ4v) is 7.13. The second-order valence-corrected chi connectivity index (χ2v) is 14.0. The molecule has 0 N–H and O–H groups in total. The number of hydrogen-bond acceptors (Lipinski definition) is 17. The highest BCUT2D eigenvalue weighted by Gasteiger charge is 2.53. The molecule has 3 aliphatic rings. The monoisotopic (exact) mass is 841 g/mol. The molecule has 3 heterocycles. The Labute approximate surface area is 350 Å². The first-order chi connectivity index (χ1) is 29.5. The molecular weight excluding hydrogens is 798 g/mol. The molecule has 0 saturated carbocycles. The molecule has 0 amide bonds. The molecule has 1 unspecified atom stereocenters. The third kappa shape index (κ3) is 8.50. The number of hydrogen-bond donors (Lipinski definition) is 0. The Morgan fingerprint density at radius 1 is 0.770 bits per heavy atom. The molecule has 5 atom stereocenters. The highest BCUT2D eigenvalue weighted by molar-refractivity contribution is 6.14. The fraction of sp³-hybridized carbons (Fsp3) is 0.318. The van der Waals surface area contributed by atoms with Crippen LogP contribution in [0, 0.1) is 0 Å². The normalized spacial score (nSPS) is 19.8. The lowest BCUT2D eigenvalue weighted by Crippen LogP contribution is -2.62. The van der Waals surface area contributed by atoms with Crippen molar-refractivity contribution in [2.75, 3.05) is 53.2 Å². The Bertz CT molecular complexity index is 2360. The highest BCUT2D eigenvalue weighted by atomic mass is 16.8. The van der Waals surface area contributed by atoms with E-state index in [2.05, 4.69) is 13.2 Å². The van der Waals surface area contributed by atoms with Crippen LogP contribution >= 0.6 is 0 Å². The lowest BCUT2D eigenvalue weighted by molar-refractivity contribution is -0.270. The number of anilines is 1. The minimum Gasteiger partial charge on any atom is -0.493 e. The number of benzene rings is 4. The molecule has 1 fully saturated rings. The first kappa shape index (κ1) is 42.0. The summed E-state index contributed by atoms with van der Waals surface area (Å²) in [5.41, 5.74) is 2.46. The first-order valence-electron chi connectivity index (χ1n) is 19.0. The van der Waals surface area contributed by atoms with E-state index in [0.29, 0.717) is 50.5 Å². The maximum absolute atomic E-state index is 13.9. The maximum Gasteiger partial charge on any atom is 0.509 e. The third-order valence-corrected chi connectivity index (χ3v) is 10.0. The molecule has 0 bridgehead atoms. The van der Waals surface area contributed by atoms with Gasteiger partial charge in [-0.1, -0.05) is 31.4 Å². The lowest BCUT2D eigenvalue weighted by atomic mass is 9.89. The Morgan fingerprint density at radius 3 is 2.05 bits per heavy atom. The van der Waals surface area contributed by atoms with Gasteiger partial charge in [-0.15, -0.1) is 0 Å². The fourth-order valence-electron chi connectivity index (χ4n) is 7.13. The van der Waals surface area contributed by atoms with E-state index in [9.17, 15) is 19.2 Å². The van der Waals surface area contributed by atoms with Crippen LogP contribution in [-0.2, 0) is 39.8 Å². The zero-order chi connectivity index (χ0) is 43.4. The van der Waals surface area contributed by atoms with Gasteiger partial charge in [0.1, 0.15) is 31.7 Å². The van der Waals surface area contributed by atoms with Crippen molar-refractivity contribution in [3.63, 3.8) is 0 Å². The average Bonchev–Trinajstić information content (AvgIpc) is 3.90. The smallest absolute Gasteiger partial charge is 0.493 e. The zero-order valence-electron chi connectivity index (χ0n) is 34.0. The molecule has 1 saturated heterocycles. The number of cyclic esters (lactones) is 1. The van der Waals surface area contributed by atoms with Crippen LogP contribution < -0.4 is 28.6 Å². The summed E-state index contributed by atoms with van der Waals surface area (Å²) >= 11 is 0. The molecule has 7 rings (SSSR count). The predicted octanol–water partition coefficient (Wildman–Crippen LogP) is 6.75. The van der Waals surface area contributed by atoms with Crippen molar-refractivity contribution < 1.29 is 76.0 Å². The molecule has 4 aromatic rings. The lowest BCUT2D eigenvalue weighted by Gasteiger charge is -2.43. The van der Waals surface area contributed by atoms with Crippen molar-refractivity contribution in [2.24, 2.45) is 0 Å². The summed E-state index contributed by atoms with van der Waals surface area (Å²) in [6, 6.07) is 15.1. The van der Waals surface area contributed by atoms with Crippen LogP contribution in [0.3, 0.4) is 0 Å². The summed E-state index contributed by atoms with van der Waals surface area (Å²) in [5.74, 6) is 0.196. The minimum atomic E-state index is -1.70. The van der Waals surface area contributed by atoms with E-state index in [1.807, 2.05) is 19.0 Å². The molecule has 0 radical (unpaired) electrons. The van der Waals surface area contributed by atoms with E-state index in [1.165, 1.54) is 33.3 Å². The van der Waals surface area contributed by atoms with Crippen molar-refractivity contribution in [1.82, 2.24) is 0 Å². The van der Waals surface area contributed by atoms with E-state index >= 15 is 0 Å². The molecule has 320 valence electrons. The largest absolute Gasteiger partial charge is 0.509 e. The second-order valence-electron chi connectivity index (χ2n) is 14.0. The molecule has 17 nitrogen and oxygen atoms in total. The molecule has 0 spiro atoms. The Hall–Kier alpha value is -7.14. The molecule has 4 aromatic carbocycles. The van der Waals surface area contributed by atoms with Crippen LogP contribution in [0.5, 0.6) is 28.7 Å². The van der Waals surface area contributed by atoms with Crippen molar-refractivity contribution >= 4 is 40.7 Å². The van der Waals surface area contributed by atoms with Gasteiger partial charge in [0.05, 0.1) is 25.3 Å². The average molecular weight is 842 g/mol. The van der Waals surface area contributed by atoms with Crippen molar-refractivity contribution in [3.8, 4) is 39.9 Å². The van der Waals surface area contributed by atoms with Crippen molar-refractivity contribution in [1.29, 1.82) is 0 Å². The van der Waals surface area contributed by atoms with Crippen molar-refractivity contribution in [3.05, 3.63) is 96.6 Å². The number of fused-ring (bicyclic) bond motifs is 3. The summed E-state index contributed by atoms with van der Waals surface area (Å²) < 4.78 is 69.2. The molecule has 0 aliphatic carbocycles. The highest BCUT2D eigenvalue weighted by Crippen LogP contribution is 2.50. The van der Waals surface area contributed by atoms with Crippen LogP contribution in [0.1, 0.15) is 33.2 Å². The minimum absolute atomic E-state index is 0.0304. The number of methoxy groups -OCH3 is 2. The molecule has 17 heteroatoms. The summed E-state index contributed by atoms with van der Waals surface area (Å²) in [5, 5.41) is 0.860. The van der Waals surface area contributed by atoms with Gasteiger partial charge in [0.2, 0.25) is 19.2 Å². The van der Waals surface area contributed by atoms with Crippen LogP contribution in [0.15, 0.2) is 79.9 Å². The standard InChI is InChI=1S/C44H43NO16/c1-8-16-52-43(48)60-36-23(3)57-42(39(61-44(49)53-17-9-2)38(36)58-40(46)24-10-13-26(14-11-24)45(4)5)59-37-28-20-32(51-7)31(50-6)19-27(28)34(35-29(37)21-54-41(35)47)25-12-15-30-33(18-25)56-22-55-30/h8-15,18-20,23,36,38-39,42H,1-2,16-17,21-22H2,3-7H3/t23-,36-,38+,39-,42?/m1/s1. The first-order valence-corrected chi connectivity index (χ1v) is 19.0. The van der Waals surface area contributed by atoms with Crippen molar-refractivity contribution in [2.45, 2.75) is 44.2 Å². The third-order valence-electron chi connectivity index (χ3n) is 10.0. The van der Waals surface area contributed by atoms with E-state index in [0.717, 1.165) is 5.69 Å². The number of rotatable bonds is 14. The molecular formula is C44H43NO16. The predicted molar refractivity (Wildman–Crippen MR) is 216 cm³/mol. The van der Waals surface area contributed by atoms with Gasteiger partial charge in [-0.25, -0.2) is 19.2 Å². The molecule has 61 heavy (non-hydrogen) atoms. The van der Waals surface area contributed by atoms with Gasteiger partial charge in [0, 0.05) is 36.3 Å². The van der Waals surface area contributed by atoms with Crippen LogP contribution in [-0.4, -0.2) is 103 Å². The second kappa shape index (κ2) is 18.0. The van der Waals surface area contributed by atoms with Gasteiger partial charge in [-0.2, -0.15) is 0 Å². The van der Waals surface area contributed by atoms with Crippen LogP contribution in [0.25, 0.3) is 21.9 Å². The maximum atomic E-state index is 13.9. The number of nitrogens with zero attached hydrogens (tertiary/aromatic N) is 1. The van der Waals surface area contributed by atoms with E-state index in [1.54, 1.807) is 54.6 Å². The Kier molecular flexibility index (Phi) is 12.4. The van der Waals surface area contributed by atoms with Gasteiger partial charge in [-0.05, 0) is 66.4 Å². The van der Waals surface area contributed by atoms with Gasteiger partial charge in [0.25, 0.3) is 0 Å². The topological polar surface area (TPSA) is 182 Å². The Morgan fingerprint density at radius 2 is 1.41 bits per heavy atom. The van der Waals surface area contributed by atoms with Gasteiger partial charge >= 0.3 is 24.2 Å². The zero-order valence-corrected chi connectivity index (χ0v) is 34.0. The van der Waals surface area contributed by atoms with Crippen LogP contribution in [0.2, 0.25) is 0 Å². The SMILES string of the molecule is C=CCOC(=O)O[C@H]1[C@H](OC(=O)c2ccc(N(C)C)cc2)[C@@H](OC(=O)OCC=C)C(Oc2c3c(c(-c4ccc5c(c4)OCO5)c4cc(OC)c(OC)cc24)C(=O)OC3)O[C@@H]1C. The van der Waals surface area contributed by atoms with Gasteiger partial charge < -0.3 is 61.7 Å². The van der Waals surface area contributed by atoms with E-state index in [4.69, 9.17) is 56.8 Å². The van der Waals surface area contributed by atoms with E-state index < -0.39 is 55.0 Å². The van der Waals surface area contributed by atoms with Gasteiger partial charge in [-0.3, -0.25) is 0 Å². The van der Waals surface area contributed by atoms with E-state index in [-0.39, 0.29) is 43.5 Å². The summed E-state index contributed by atoms with van der Waals surface area (Å²) in [7, 11) is 6.61. The number of esters is 2. The molecule has 0 aromatic heterocycles. The number of carbonyl (C=O) groups is 4. The van der Waals surface area contributed by atoms with Gasteiger partial charge in [0.15, 0.2) is 35.2 Å². The number of carbonyl (C=O) groups excluding carboxylic acids is 4.